The summed E-state index contributed by atoms with van der Waals surface area (Å²) in [5, 5.41) is 6.22. The topological polar surface area (TPSA) is 53.6 Å². The first kappa shape index (κ1) is 14.8. The van der Waals surface area contributed by atoms with Crippen molar-refractivity contribution in [2.24, 2.45) is 0 Å². The molecule has 5 heteroatoms. The van der Waals surface area contributed by atoms with Gasteiger partial charge in [-0.3, -0.25) is 9.69 Å². The van der Waals surface area contributed by atoms with Crippen molar-refractivity contribution in [2.75, 3.05) is 45.9 Å². The molecule has 0 saturated carbocycles. The standard InChI is InChI=1S/C15H23N3O2/c19-15(13-18-10-4-7-16-8-11-18)17-9-12-20-14-5-2-1-3-6-14/h1-3,5-6,16H,4,7-13H2,(H,17,19). The molecule has 0 atom stereocenters. The maximum atomic E-state index is 11.8. The molecule has 1 saturated heterocycles. The van der Waals surface area contributed by atoms with Crippen LogP contribution in [0.15, 0.2) is 30.3 Å². The number of ether oxygens (including phenoxy) is 1. The second kappa shape index (κ2) is 8.55. The van der Waals surface area contributed by atoms with Gasteiger partial charge in [-0.1, -0.05) is 18.2 Å². The van der Waals surface area contributed by atoms with E-state index in [-0.39, 0.29) is 5.91 Å². The van der Waals surface area contributed by atoms with Crippen LogP contribution < -0.4 is 15.4 Å². The van der Waals surface area contributed by atoms with E-state index in [2.05, 4.69) is 15.5 Å². The maximum Gasteiger partial charge on any atom is 0.234 e. The molecule has 1 amide bonds. The number of carbonyl (C=O) groups excluding carboxylic acids is 1. The first-order valence-corrected chi connectivity index (χ1v) is 7.22. The summed E-state index contributed by atoms with van der Waals surface area (Å²) in [5.74, 6) is 0.906. The Hall–Kier alpha value is -1.59. The van der Waals surface area contributed by atoms with Crippen molar-refractivity contribution in [3.8, 4) is 5.75 Å². The van der Waals surface area contributed by atoms with Crippen molar-refractivity contribution < 1.29 is 9.53 Å². The van der Waals surface area contributed by atoms with Gasteiger partial charge < -0.3 is 15.4 Å². The molecule has 1 aliphatic rings. The molecule has 20 heavy (non-hydrogen) atoms. The fourth-order valence-corrected chi connectivity index (χ4v) is 2.19. The molecule has 0 radical (unpaired) electrons. The normalized spacial score (nSPS) is 16.4. The molecule has 0 bridgehead atoms. The molecule has 0 aromatic heterocycles. The lowest BCUT2D eigenvalue weighted by atomic mass is 10.3. The van der Waals surface area contributed by atoms with Crippen molar-refractivity contribution in [3.05, 3.63) is 30.3 Å². The van der Waals surface area contributed by atoms with E-state index in [1.165, 1.54) is 0 Å². The molecular weight excluding hydrogens is 254 g/mol. The summed E-state index contributed by atoms with van der Waals surface area (Å²) in [6, 6.07) is 9.63. The van der Waals surface area contributed by atoms with Crippen molar-refractivity contribution >= 4 is 5.91 Å². The molecular formula is C15H23N3O2. The molecule has 2 N–H and O–H groups in total. The number of rotatable bonds is 6. The zero-order valence-corrected chi connectivity index (χ0v) is 11.8. The molecule has 2 rings (SSSR count). The SMILES string of the molecule is O=C(CN1CCCNCC1)NCCOc1ccccc1. The first-order chi connectivity index (χ1) is 9.84. The molecule has 1 aliphatic heterocycles. The average molecular weight is 277 g/mol. The number of nitrogens with one attached hydrogen (secondary N) is 2. The van der Waals surface area contributed by atoms with Crippen LogP contribution in [-0.2, 0) is 4.79 Å². The van der Waals surface area contributed by atoms with Crippen LogP contribution in [0.4, 0.5) is 0 Å². The third kappa shape index (κ3) is 5.59. The lowest BCUT2D eigenvalue weighted by Gasteiger charge is -2.18. The maximum absolute atomic E-state index is 11.8. The van der Waals surface area contributed by atoms with Gasteiger partial charge >= 0.3 is 0 Å². The van der Waals surface area contributed by atoms with Crippen LogP contribution in [0.1, 0.15) is 6.42 Å². The average Bonchev–Trinajstić information content (AvgIpc) is 2.73. The van der Waals surface area contributed by atoms with Crippen LogP contribution in [0.3, 0.4) is 0 Å². The van der Waals surface area contributed by atoms with Gasteiger partial charge in [0.2, 0.25) is 5.91 Å². The van der Waals surface area contributed by atoms with Crippen LogP contribution in [-0.4, -0.2) is 56.7 Å². The van der Waals surface area contributed by atoms with Crippen LogP contribution in [0.25, 0.3) is 0 Å². The monoisotopic (exact) mass is 277 g/mol. The van der Waals surface area contributed by atoms with Gasteiger partial charge in [0, 0.05) is 13.1 Å². The number of benzene rings is 1. The van der Waals surface area contributed by atoms with Gasteiger partial charge in [-0.25, -0.2) is 0 Å². The number of para-hydroxylation sites is 1. The van der Waals surface area contributed by atoms with Gasteiger partial charge in [0.25, 0.3) is 0 Å². The molecule has 5 nitrogen and oxygen atoms in total. The van der Waals surface area contributed by atoms with Gasteiger partial charge in [-0.05, 0) is 31.6 Å². The number of hydrogen-bond acceptors (Lipinski definition) is 4. The van der Waals surface area contributed by atoms with Gasteiger partial charge in [0.05, 0.1) is 13.1 Å². The van der Waals surface area contributed by atoms with E-state index in [0.29, 0.717) is 19.7 Å². The summed E-state index contributed by atoms with van der Waals surface area (Å²) >= 11 is 0. The highest BCUT2D eigenvalue weighted by atomic mass is 16.5. The molecule has 0 aliphatic carbocycles. The quantitative estimate of drug-likeness (QED) is 0.743. The fraction of sp³-hybridized carbons (Fsp3) is 0.533. The van der Waals surface area contributed by atoms with Gasteiger partial charge in [-0.2, -0.15) is 0 Å². The van der Waals surface area contributed by atoms with Crippen molar-refractivity contribution in [2.45, 2.75) is 6.42 Å². The molecule has 110 valence electrons. The summed E-state index contributed by atoms with van der Waals surface area (Å²) in [6.45, 7) is 5.45. The minimum Gasteiger partial charge on any atom is -0.492 e. The van der Waals surface area contributed by atoms with E-state index in [1.807, 2.05) is 30.3 Å². The smallest absolute Gasteiger partial charge is 0.234 e. The summed E-state index contributed by atoms with van der Waals surface area (Å²) in [5.41, 5.74) is 0. The van der Waals surface area contributed by atoms with E-state index in [0.717, 1.165) is 38.3 Å². The molecule has 1 fully saturated rings. The Kier molecular flexibility index (Phi) is 6.34. The Morgan fingerprint density at radius 3 is 2.95 bits per heavy atom. The minimum atomic E-state index is 0.0727. The Morgan fingerprint density at radius 2 is 2.10 bits per heavy atom. The number of hydrogen-bond donors (Lipinski definition) is 2. The molecule has 1 aromatic carbocycles. The Labute approximate surface area is 120 Å². The fourth-order valence-electron chi connectivity index (χ4n) is 2.19. The summed E-state index contributed by atoms with van der Waals surface area (Å²) in [4.78, 5) is 14.0. The zero-order valence-electron chi connectivity index (χ0n) is 11.8. The van der Waals surface area contributed by atoms with Crippen molar-refractivity contribution in [3.63, 3.8) is 0 Å². The second-order valence-corrected chi connectivity index (χ2v) is 4.89. The Morgan fingerprint density at radius 1 is 1.25 bits per heavy atom. The van der Waals surface area contributed by atoms with E-state index in [1.54, 1.807) is 0 Å². The molecule has 0 spiro atoms. The number of amides is 1. The first-order valence-electron chi connectivity index (χ1n) is 7.22. The number of carbonyl (C=O) groups is 1. The summed E-state index contributed by atoms with van der Waals surface area (Å²) in [7, 11) is 0. The van der Waals surface area contributed by atoms with E-state index < -0.39 is 0 Å². The van der Waals surface area contributed by atoms with Gasteiger partial charge in [-0.15, -0.1) is 0 Å². The Bertz CT molecular complexity index is 389. The molecule has 0 unspecified atom stereocenters. The predicted octanol–water partition coefficient (Wildman–Crippen LogP) is 0.477. The van der Waals surface area contributed by atoms with E-state index in [9.17, 15) is 4.79 Å². The lowest BCUT2D eigenvalue weighted by Crippen LogP contribution is -2.40. The zero-order chi connectivity index (χ0) is 14.0. The van der Waals surface area contributed by atoms with Crippen LogP contribution >= 0.6 is 0 Å². The Balaban J connectivity index is 1.58. The third-order valence-corrected chi connectivity index (χ3v) is 3.24. The molecule has 1 aromatic rings. The van der Waals surface area contributed by atoms with Crippen molar-refractivity contribution in [1.29, 1.82) is 0 Å². The molecule has 1 heterocycles. The summed E-state index contributed by atoms with van der Waals surface area (Å²) < 4.78 is 5.53. The van der Waals surface area contributed by atoms with Gasteiger partial charge in [0.15, 0.2) is 0 Å². The summed E-state index contributed by atoms with van der Waals surface area (Å²) in [6.07, 6.45) is 1.10. The van der Waals surface area contributed by atoms with E-state index >= 15 is 0 Å². The lowest BCUT2D eigenvalue weighted by molar-refractivity contribution is -0.122. The number of nitrogens with zero attached hydrogens (tertiary/aromatic N) is 1. The highest BCUT2D eigenvalue weighted by molar-refractivity contribution is 5.77. The van der Waals surface area contributed by atoms with Gasteiger partial charge in [0.1, 0.15) is 12.4 Å². The minimum absolute atomic E-state index is 0.0727. The second-order valence-electron chi connectivity index (χ2n) is 4.89. The third-order valence-electron chi connectivity index (χ3n) is 3.24. The highest BCUT2D eigenvalue weighted by Gasteiger charge is 2.11. The highest BCUT2D eigenvalue weighted by Crippen LogP contribution is 2.07. The predicted molar refractivity (Wildman–Crippen MR) is 78.9 cm³/mol. The van der Waals surface area contributed by atoms with Crippen LogP contribution in [0, 0.1) is 0 Å². The van der Waals surface area contributed by atoms with Crippen molar-refractivity contribution in [1.82, 2.24) is 15.5 Å². The van der Waals surface area contributed by atoms with Crippen LogP contribution in [0.5, 0.6) is 5.75 Å². The van der Waals surface area contributed by atoms with Crippen LogP contribution in [0.2, 0.25) is 0 Å². The largest absolute Gasteiger partial charge is 0.492 e. The van der Waals surface area contributed by atoms with E-state index in [4.69, 9.17) is 4.74 Å².